The van der Waals surface area contributed by atoms with E-state index in [1.165, 1.54) is 16.7 Å². The molecule has 1 aromatic rings. The Balaban J connectivity index is 3.13. The molecule has 0 heteroatoms. The molecular weight excluding hydrogens is 132 g/mol. The second kappa shape index (κ2) is 3.56. The zero-order valence-corrected chi connectivity index (χ0v) is 7.65. The average molecular weight is 148 g/mol. The molecule has 60 valence electrons. The van der Waals surface area contributed by atoms with Crippen LogP contribution >= 0.6 is 0 Å². The van der Waals surface area contributed by atoms with Gasteiger partial charge in [0.1, 0.15) is 0 Å². The molecule has 0 saturated carbocycles. The van der Waals surface area contributed by atoms with Crippen LogP contribution in [0.25, 0.3) is 0 Å². The Hall–Kier alpha value is -0.780. The molecule has 11 heavy (non-hydrogen) atoms. The van der Waals surface area contributed by atoms with E-state index in [0.29, 0.717) is 0 Å². The summed E-state index contributed by atoms with van der Waals surface area (Å²) in [6, 6.07) is 6.57. The van der Waals surface area contributed by atoms with Crippen LogP contribution in [0.2, 0.25) is 0 Å². The second-order valence-corrected chi connectivity index (χ2v) is 2.92. The van der Waals surface area contributed by atoms with Crippen molar-refractivity contribution in [3.05, 3.63) is 34.9 Å². The lowest BCUT2D eigenvalue weighted by Gasteiger charge is -2.07. The maximum Gasteiger partial charge on any atom is -0.0302 e. The van der Waals surface area contributed by atoms with E-state index in [1.807, 2.05) is 0 Å². The molecule has 0 N–H and O–H groups in total. The summed E-state index contributed by atoms with van der Waals surface area (Å²) in [5.74, 6) is 0. The second-order valence-electron chi connectivity index (χ2n) is 2.92. The predicted molar refractivity (Wildman–Crippen MR) is 49.9 cm³/mol. The first-order valence-electron chi connectivity index (χ1n) is 4.37. The van der Waals surface area contributed by atoms with Gasteiger partial charge in [-0.2, -0.15) is 0 Å². The topological polar surface area (TPSA) is 0 Å². The fraction of sp³-hybridized carbons (Fsp3) is 0.455. The molecule has 0 aliphatic carbocycles. The molecule has 0 spiro atoms. The number of aryl methyl sites for hydroxylation is 2. The van der Waals surface area contributed by atoms with Gasteiger partial charge in [-0.1, -0.05) is 32.0 Å². The van der Waals surface area contributed by atoms with Gasteiger partial charge < -0.3 is 0 Å². The largest absolute Gasteiger partial charge is 0.0617 e. The van der Waals surface area contributed by atoms with Gasteiger partial charge in [-0.05, 0) is 36.5 Å². The predicted octanol–water partition coefficient (Wildman–Crippen LogP) is 3.12. The van der Waals surface area contributed by atoms with Crippen molar-refractivity contribution in [1.82, 2.24) is 0 Å². The van der Waals surface area contributed by atoms with Crippen LogP contribution in [0.1, 0.15) is 30.5 Å². The van der Waals surface area contributed by atoms with E-state index < -0.39 is 0 Å². The first-order chi connectivity index (χ1) is 5.29. The summed E-state index contributed by atoms with van der Waals surface area (Å²) in [4.78, 5) is 0. The minimum atomic E-state index is 1.16. The van der Waals surface area contributed by atoms with Crippen molar-refractivity contribution in [2.45, 2.75) is 33.6 Å². The van der Waals surface area contributed by atoms with Crippen molar-refractivity contribution in [3.63, 3.8) is 0 Å². The van der Waals surface area contributed by atoms with Gasteiger partial charge in [-0.25, -0.2) is 0 Å². The van der Waals surface area contributed by atoms with Crippen LogP contribution in [0.15, 0.2) is 18.2 Å². The summed E-state index contributed by atoms with van der Waals surface area (Å²) in [7, 11) is 0. The summed E-state index contributed by atoms with van der Waals surface area (Å²) < 4.78 is 0. The molecular formula is C11H16. The normalized spacial score (nSPS) is 10.1. The molecule has 0 unspecified atom stereocenters. The smallest absolute Gasteiger partial charge is 0.0302 e. The molecule has 1 aromatic carbocycles. The highest BCUT2D eigenvalue weighted by Gasteiger charge is 1.99. The molecule has 1 rings (SSSR count). The number of rotatable bonds is 2. The highest BCUT2D eigenvalue weighted by molar-refractivity contribution is 5.34. The molecule has 0 amide bonds. The minimum Gasteiger partial charge on any atom is -0.0617 e. The van der Waals surface area contributed by atoms with Crippen LogP contribution in [0.4, 0.5) is 0 Å². The van der Waals surface area contributed by atoms with Gasteiger partial charge in [0.2, 0.25) is 0 Å². The Morgan fingerprint density at radius 3 is 2.27 bits per heavy atom. The van der Waals surface area contributed by atoms with Crippen molar-refractivity contribution in [3.8, 4) is 0 Å². The Morgan fingerprint density at radius 1 is 1.09 bits per heavy atom. The molecule has 0 saturated heterocycles. The molecule has 0 atom stereocenters. The monoisotopic (exact) mass is 148 g/mol. The third kappa shape index (κ3) is 1.62. The number of benzene rings is 1. The van der Waals surface area contributed by atoms with Crippen LogP contribution in [0, 0.1) is 6.92 Å². The summed E-state index contributed by atoms with van der Waals surface area (Å²) >= 11 is 0. The maximum atomic E-state index is 2.23. The van der Waals surface area contributed by atoms with Gasteiger partial charge in [0.15, 0.2) is 0 Å². The molecule has 0 heterocycles. The van der Waals surface area contributed by atoms with E-state index >= 15 is 0 Å². The molecule has 0 radical (unpaired) electrons. The van der Waals surface area contributed by atoms with Crippen LogP contribution in [-0.4, -0.2) is 0 Å². The van der Waals surface area contributed by atoms with E-state index in [-0.39, 0.29) is 0 Å². The molecule has 0 bridgehead atoms. The summed E-state index contributed by atoms with van der Waals surface area (Å²) in [5, 5.41) is 0. The number of hydrogen-bond donors (Lipinski definition) is 0. The summed E-state index contributed by atoms with van der Waals surface area (Å²) in [6.07, 6.45) is 2.32. The minimum absolute atomic E-state index is 1.16. The molecule has 0 fully saturated rings. The van der Waals surface area contributed by atoms with Crippen LogP contribution in [0.3, 0.4) is 0 Å². The van der Waals surface area contributed by atoms with Crippen molar-refractivity contribution in [2.75, 3.05) is 0 Å². The average Bonchev–Trinajstić information content (AvgIpc) is 2.04. The summed E-state index contributed by atoms with van der Waals surface area (Å²) in [6.45, 7) is 6.63. The zero-order chi connectivity index (χ0) is 8.27. The lowest BCUT2D eigenvalue weighted by Crippen LogP contribution is -1.93. The van der Waals surface area contributed by atoms with Gasteiger partial charge in [-0.3, -0.25) is 0 Å². The Morgan fingerprint density at radius 2 is 1.82 bits per heavy atom. The van der Waals surface area contributed by atoms with Crippen LogP contribution in [0.5, 0.6) is 0 Å². The van der Waals surface area contributed by atoms with Gasteiger partial charge in [0, 0.05) is 0 Å². The van der Waals surface area contributed by atoms with Crippen molar-refractivity contribution < 1.29 is 0 Å². The SMILES string of the molecule is CCc1cccc(C)c1CC. The van der Waals surface area contributed by atoms with Gasteiger partial charge in [0.05, 0.1) is 0 Å². The third-order valence-electron chi connectivity index (χ3n) is 2.24. The number of hydrogen-bond acceptors (Lipinski definition) is 0. The lowest BCUT2D eigenvalue weighted by molar-refractivity contribution is 1.02. The van der Waals surface area contributed by atoms with Crippen LogP contribution < -0.4 is 0 Å². The third-order valence-corrected chi connectivity index (χ3v) is 2.24. The van der Waals surface area contributed by atoms with Crippen molar-refractivity contribution in [1.29, 1.82) is 0 Å². The highest BCUT2D eigenvalue weighted by atomic mass is 14.0. The van der Waals surface area contributed by atoms with Crippen molar-refractivity contribution in [2.24, 2.45) is 0 Å². The quantitative estimate of drug-likeness (QED) is 0.604. The van der Waals surface area contributed by atoms with E-state index in [9.17, 15) is 0 Å². The first kappa shape index (κ1) is 8.32. The molecule has 0 aliphatic rings. The fourth-order valence-corrected chi connectivity index (χ4v) is 1.60. The molecule has 0 aliphatic heterocycles. The summed E-state index contributed by atoms with van der Waals surface area (Å²) in [5.41, 5.74) is 4.48. The highest BCUT2D eigenvalue weighted by Crippen LogP contribution is 2.14. The fourth-order valence-electron chi connectivity index (χ4n) is 1.60. The van der Waals surface area contributed by atoms with Gasteiger partial charge >= 0.3 is 0 Å². The zero-order valence-electron chi connectivity index (χ0n) is 7.65. The molecule has 0 aromatic heterocycles. The molecule has 0 nitrogen and oxygen atoms in total. The van der Waals surface area contributed by atoms with Gasteiger partial charge in [0.25, 0.3) is 0 Å². The van der Waals surface area contributed by atoms with Crippen LogP contribution in [-0.2, 0) is 12.8 Å². The van der Waals surface area contributed by atoms with Gasteiger partial charge in [-0.15, -0.1) is 0 Å². The Bertz CT molecular complexity index is 236. The lowest BCUT2D eigenvalue weighted by atomic mass is 9.98. The van der Waals surface area contributed by atoms with Crippen molar-refractivity contribution >= 4 is 0 Å². The standard InChI is InChI=1S/C11H16/c1-4-10-8-6-7-9(3)11(10)5-2/h6-8H,4-5H2,1-3H3. The maximum absolute atomic E-state index is 2.23. The van der Waals surface area contributed by atoms with E-state index in [2.05, 4.69) is 39.0 Å². The Labute approximate surface area is 69.3 Å². The first-order valence-corrected chi connectivity index (χ1v) is 4.37. The van der Waals surface area contributed by atoms with E-state index in [0.717, 1.165) is 12.8 Å². The Kier molecular flexibility index (Phi) is 2.70. The van der Waals surface area contributed by atoms with E-state index in [4.69, 9.17) is 0 Å². The van der Waals surface area contributed by atoms with E-state index in [1.54, 1.807) is 0 Å².